The normalized spacial score (nSPS) is 16.3. The van der Waals surface area contributed by atoms with Gasteiger partial charge in [0.2, 0.25) is 0 Å². The zero-order valence-corrected chi connectivity index (χ0v) is 19.5. The summed E-state index contributed by atoms with van der Waals surface area (Å²) in [6.07, 6.45) is 7.64. The number of alkyl halides is 1. The Hall–Kier alpha value is -1.87. The molecule has 1 unspecified atom stereocenters. The number of nitrogens with zero attached hydrogens (tertiary/aromatic N) is 2. The standard InChI is InChI=1S/C20H21Cl2N5OS2/c1-2-16-15(7-4-9-21)17(8-10-23-16)29-20-27-26-19(30-20)25-18(28)24-12-13-5-3-6-14(22)11-13/h3-7,10-11,17H,2,8-9,12H2,1H3,(H2,24,25,26,28)/p+1/b7-4-. The molecule has 1 aromatic heterocycles. The van der Waals surface area contributed by atoms with Crippen molar-refractivity contribution in [3.05, 3.63) is 58.3 Å². The lowest BCUT2D eigenvalue weighted by molar-refractivity contribution is -0.487. The van der Waals surface area contributed by atoms with Gasteiger partial charge < -0.3 is 5.32 Å². The molecule has 1 atom stereocenters. The first kappa shape index (κ1) is 22.8. The molecule has 0 radical (unpaired) electrons. The van der Waals surface area contributed by atoms with E-state index in [2.05, 4.69) is 38.8 Å². The highest BCUT2D eigenvalue weighted by Gasteiger charge is 2.24. The molecule has 6 nitrogen and oxygen atoms in total. The van der Waals surface area contributed by atoms with Crippen molar-refractivity contribution < 1.29 is 9.89 Å². The van der Waals surface area contributed by atoms with E-state index in [-0.39, 0.29) is 11.3 Å². The number of halogens is 2. The minimum absolute atomic E-state index is 0.220. The number of benzene rings is 1. The van der Waals surface area contributed by atoms with Crippen molar-refractivity contribution in [2.75, 3.05) is 11.2 Å². The Labute approximate surface area is 193 Å². The Morgan fingerprint density at radius 2 is 2.33 bits per heavy atom. The molecular formula is C20H22Cl2N5OS2+. The maximum absolute atomic E-state index is 12.2. The fraction of sp³-hybridized carbons (Fsp3) is 0.300. The molecule has 0 saturated heterocycles. The number of thioether (sulfide) groups is 1. The minimum Gasteiger partial charge on any atom is -0.334 e. The summed E-state index contributed by atoms with van der Waals surface area (Å²) in [4.78, 5) is 16.7. The SMILES string of the molecule is CCC1=C(/C=C\CCl)C(Sc2[nH+]nc(NC(=O)NCc3cccc(Cl)c3)s2)CC=N1. The molecule has 0 saturated carbocycles. The van der Waals surface area contributed by atoms with Crippen LogP contribution in [0, 0.1) is 0 Å². The van der Waals surface area contributed by atoms with E-state index < -0.39 is 0 Å². The number of anilines is 1. The molecule has 0 fully saturated rings. The third-order valence-corrected chi connectivity index (χ3v) is 6.87. The fourth-order valence-electron chi connectivity index (χ4n) is 2.86. The maximum atomic E-state index is 12.2. The second-order valence-corrected chi connectivity index (χ2v) is 9.54. The first-order valence-corrected chi connectivity index (χ1v) is 12.0. The Morgan fingerprint density at radius 1 is 1.47 bits per heavy atom. The number of allylic oxidation sites excluding steroid dienone is 3. The molecule has 2 amide bonds. The van der Waals surface area contributed by atoms with Crippen molar-refractivity contribution in [3.63, 3.8) is 0 Å². The fourth-order valence-corrected chi connectivity index (χ4v) is 5.32. The van der Waals surface area contributed by atoms with Crippen LogP contribution >= 0.6 is 46.3 Å². The number of aliphatic imine (C=N–C) groups is 1. The van der Waals surface area contributed by atoms with Crippen LogP contribution in [0.15, 0.2) is 57.0 Å². The monoisotopic (exact) mass is 482 g/mol. The van der Waals surface area contributed by atoms with E-state index in [0.717, 1.165) is 28.4 Å². The van der Waals surface area contributed by atoms with Crippen LogP contribution in [0.5, 0.6) is 0 Å². The molecule has 158 valence electrons. The second kappa shape index (κ2) is 11.5. The number of hydrogen-bond donors (Lipinski definition) is 2. The highest BCUT2D eigenvalue weighted by molar-refractivity contribution is 8.01. The van der Waals surface area contributed by atoms with E-state index >= 15 is 0 Å². The van der Waals surface area contributed by atoms with Gasteiger partial charge in [0.25, 0.3) is 5.13 Å². The molecule has 1 aliphatic rings. The predicted octanol–water partition coefficient (Wildman–Crippen LogP) is 5.33. The van der Waals surface area contributed by atoms with Gasteiger partial charge in [-0.2, -0.15) is 0 Å². The van der Waals surface area contributed by atoms with E-state index in [4.69, 9.17) is 23.2 Å². The van der Waals surface area contributed by atoms with Crippen LogP contribution in [0.1, 0.15) is 25.3 Å². The quantitative estimate of drug-likeness (QED) is 0.394. The number of urea groups is 1. The van der Waals surface area contributed by atoms with Crippen LogP contribution < -0.4 is 15.7 Å². The van der Waals surface area contributed by atoms with Crippen molar-refractivity contribution in [2.24, 2.45) is 4.99 Å². The summed E-state index contributed by atoms with van der Waals surface area (Å²) in [5, 5.41) is 14.1. The number of H-pyrrole nitrogens is 1. The number of carbonyl (C=O) groups excluding carboxylic acids is 1. The highest BCUT2D eigenvalue weighted by Crippen LogP contribution is 2.36. The topological polar surface area (TPSA) is 80.5 Å². The summed E-state index contributed by atoms with van der Waals surface area (Å²) in [7, 11) is 0. The lowest BCUT2D eigenvalue weighted by atomic mass is 10.0. The van der Waals surface area contributed by atoms with Crippen LogP contribution in [-0.4, -0.2) is 28.5 Å². The molecule has 2 aromatic rings. The molecule has 0 spiro atoms. The molecule has 10 heteroatoms. The van der Waals surface area contributed by atoms with Gasteiger partial charge in [0, 0.05) is 39.7 Å². The molecular weight excluding hydrogens is 461 g/mol. The molecule has 1 aromatic carbocycles. The largest absolute Gasteiger partial charge is 0.334 e. The molecule has 30 heavy (non-hydrogen) atoms. The number of nitrogens with one attached hydrogen (secondary N) is 3. The van der Waals surface area contributed by atoms with Crippen molar-refractivity contribution >= 4 is 63.7 Å². The average Bonchev–Trinajstić information content (AvgIpc) is 3.18. The zero-order valence-electron chi connectivity index (χ0n) is 16.3. The van der Waals surface area contributed by atoms with Gasteiger partial charge >= 0.3 is 10.4 Å². The molecule has 3 rings (SSSR count). The van der Waals surface area contributed by atoms with Gasteiger partial charge in [0.1, 0.15) is 0 Å². The minimum atomic E-state index is -0.321. The van der Waals surface area contributed by atoms with E-state index in [1.807, 2.05) is 30.5 Å². The Balaban J connectivity index is 1.58. The van der Waals surface area contributed by atoms with E-state index in [1.165, 1.54) is 16.9 Å². The summed E-state index contributed by atoms with van der Waals surface area (Å²) in [5.41, 5.74) is 3.18. The number of carbonyl (C=O) groups is 1. The van der Waals surface area contributed by atoms with Gasteiger partial charge in [-0.25, -0.2) is 4.79 Å². The number of aromatic nitrogens is 2. The number of rotatable bonds is 8. The number of aromatic amines is 1. The van der Waals surface area contributed by atoms with Crippen LogP contribution in [0.25, 0.3) is 0 Å². The molecule has 0 bridgehead atoms. The molecule has 1 aliphatic heterocycles. The Kier molecular flexibility index (Phi) is 8.74. The van der Waals surface area contributed by atoms with Crippen molar-refractivity contribution in [1.29, 1.82) is 0 Å². The summed E-state index contributed by atoms with van der Waals surface area (Å²) in [6, 6.07) is 7.04. The second-order valence-electron chi connectivity index (χ2n) is 6.32. The first-order chi connectivity index (χ1) is 14.6. The lowest BCUT2D eigenvalue weighted by Gasteiger charge is -2.19. The first-order valence-electron chi connectivity index (χ1n) is 9.41. The van der Waals surface area contributed by atoms with Crippen molar-refractivity contribution in [3.8, 4) is 0 Å². The van der Waals surface area contributed by atoms with Crippen LogP contribution in [-0.2, 0) is 6.54 Å². The average molecular weight is 483 g/mol. The number of amides is 2. The van der Waals surface area contributed by atoms with Gasteiger partial charge in [0.15, 0.2) is 0 Å². The van der Waals surface area contributed by atoms with Gasteiger partial charge in [-0.05, 0) is 59.2 Å². The maximum Gasteiger partial charge on any atom is 0.324 e. The van der Waals surface area contributed by atoms with Crippen molar-refractivity contribution in [1.82, 2.24) is 10.4 Å². The van der Waals surface area contributed by atoms with Crippen LogP contribution in [0.4, 0.5) is 9.93 Å². The molecule has 0 aliphatic carbocycles. The molecule has 3 N–H and O–H groups in total. The van der Waals surface area contributed by atoms with E-state index in [9.17, 15) is 4.79 Å². The summed E-state index contributed by atoms with van der Waals surface area (Å²) in [5.74, 6) is 0.465. The van der Waals surface area contributed by atoms with Gasteiger partial charge in [-0.15, -0.1) is 11.6 Å². The molecule has 2 heterocycles. The Bertz CT molecular complexity index is 974. The van der Waals surface area contributed by atoms with Gasteiger partial charge in [-0.1, -0.05) is 47.9 Å². The van der Waals surface area contributed by atoms with Crippen LogP contribution in [0.2, 0.25) is 5.02 Å². The summed E-state index contributed by atoms with van der Waals surface area (Å²) < 4.78 is 0.910. The zero-order chi connectivity index (χ0) is 21.3. The third kappa shape index (κ3) is 6.57. The van der Waals surface area contributed by atoms with Crippen molar-refractivity contribution in [2.45, 2.75) is 35.9 Å². The lowest BCUT2D eigenvalue weighted by Crippen LogP contribution is -2.28. The Morgan fingerprint density at radius 3 is 3.10 bits per heavy atom. The number of hydrogen-bond acceptors (Lipinski definition) is 5. The highest BCUT2D eigenvalue weighted by atomic mass is 35.5. The summed E-state index contributed by atoms with van der Waals surface area (Å²) >= 11 is 14.9. The predicted molar refractivity (Wildman–Crippen MR) is 126 cm³/mol. The van der Waals surface area contributed by atoms with E-state index in [0.29, 0.717) is 22.6 Å². The van der Waals surface area contributed by atoms with Crippen LogP contribution in [0.3, 0.4) is 0 Å². The van der Waals surface area contributed by atoms with Gasteiger partial charge in [0.05, 0.1) is 0 Å². The van der Waals surface area contributed by atoms with E-state index in [1.54, 1.807) is 17.8 Å². The van der Waals surface area contributed by atoms with Gasteiger partial charge in [-0.3, -0.25) is 10.3 Å². The summed E-state index contributed by atoms with van der Waals surface area (Å²) in [6.45, 7) is 2.47. The third-order valence-electron chi connectivity index (χ3n) is 4.22. The smallest absolute Gasteiger partial charge is 0.324 e.